The lowest BCUT2D eigenvalue weighted by Gasteiger charge is -2.30. The third-order valence-corrected chi connectivity index (χ3v) is 2.89. The molecule has 0 amide bonds. The number of hydrogen-bond acceptors (Lipinski definition) is 3. The molecule has 84 valence electrons. The van der Waals surface area contributed by atoms with Crippen LogP contribution in [0.2, 0.25) is 0 Å². The Morgan fingerprint density at radius 2 is 2.12 bits per heavy atom. The molecule has 16 heavy (non-hydrogen) atoms. The molecule has 0 saturated carbocycles. The van der Waals surface area contributed by atoms with E-state index in [2.05, 4.69) is 30.0 Å². The van der Waals surface area contributed by atoms with Gasteiger partial charge in [-0.1, -0.05) is 29.8 Å². The van der Waals surface area contributed by atoms with Gasteiger partial charge in [0, 0.05) is 13.1 Å². The Labute approximate surface area is 96.2 Å². The molecule has 0 unspecified atom stereocenters. The normalized spacial score (nSPS) is 19.0. The molecule has 1 aliphatic rings. The van der Waals surface area contributed by atoms with Gasteiger partial charge in [0.05, 0.1) is 19.3 Å². The summed E-state index contributed by atoms with van der Waals surface area (Å²) in [6.45, 7) is 5.18. The van der Waals surface area contributed by atoms with Crippen molar-refractivity contribution in [3.05, 3.63) is 35.4 Å². The van der Waals surface area contributed by atoms with Crippen LogP contribution in [0, 0.1) is 18.3 Å². The van der Waals surface area contributed by atoms with Crippen molar-refractivity contribution in [1.82, 2.24) is 4.90 Å². The second-order valence-corrected chi connectivity index (χ2v) is 4.09. The van der Waals surface area contributed by atoms with Crippen molar-refractivity contribution < 1.29 is 4.74 Å². The molecule has 0 aromatic heterocycles. The fourth-order valence-electron chi connectivity index (χ4n) is 2.04. The van der Waals surface area contributed by atoms with E-state index in [-0.39, 0.29) is 6.04 Å². The van der Waals surface area contributed by atoms with Crippen LogP contribution in [-0.4, -0.2) is 31.2 Å². The predicted octanol–water partition coefficient (Wildman–Crippen LogP) is 1.89. The summed E-state index contributed by atoms with van der Waals surface area (Å²) >= 11 is 0. The summed E-state index contributed by atoms with van der Waals surface area (Å²) < 4.78 is 5.30. The number of hydrogen-bond donors (Lipinski definition) is 0. The van der Waals surface area contributed by atoms with Crippen LogP contribution in [0.3, 0.4) is 0 Å². The topological polar surface area (TPSA) is 36.3 Å². The minimum atomic E-state index is -0.135. The smallest absolute Gasteiger partial charge is 0.124 e. The van der Waals surface area contributed by atoms with Gasteiger partial charge in [-0.05, 0) is 12.5 Å². The van der Waals surface area contributed by atoms with Gasteiger partial charge in [-0.15, -0.1) is 0 Å². The second kappa shape index (κ2) is 5.11. The van der Waals surface area contributed by atoms with Crippen LogP contribution in [0.5, 0.6) is 0 Å². The second-order valence-electron chi connectivity index (χ2n) is 4.09. The van der Waals surface area contributed by atoms with E-state index in [0.717, 1.165) is 31.9 Å². The van der Waals surface area contributed by atoms with Crippen molar-refractivity contribution in [2.75, 3.05) is 26.3 Å². The van der Waals surface area contributed by atoms with Gasteiger partial charge in [-0.25, -0.2) is 0 Å². The van der Waals surface area contributed by atoms with Crippen molar-refractivity contribution in [2.45, 2.75) is 13.0 Å². The SMILES string of the molecule is Cc1cccc([C@@H](C#N)N2CCOCC2)c1. The molecule has 1 saturated heterocycles. The molecule has 1 aliphatic heterocycles. The fourth-order valence-corrected chi connectivity index (χ4v) is 2.04. The van der Waals surface area contributed by atoms with Crippen LogP contribution in [0.4, 0.5) is 0 Å². The van der Waals surface area contributed by atoms with Gasteiger partial charge in [-0.3, -0.25) is 4.90 Å². The molecule has 1 aromatic carbocycles. The van der Waals surface area contributed by atoms with Crippen LogP contribution < -0.4 is 0 Å². The Hall–Kier alpha value is -1.37. The molecule has 1 aromatic rings. The van der Waals surface area contributed by atoms with Crippen molar-refractivity contribution in [3.63, 3.8) is 0 Å². The maximum absolute atomic E-state index is 9.29. The molecule has 0 aliphatic carbocycles. The largest absolute Gasteiger partial charge is 0.379 e. The number of nitrogens with zero attached hydrogens (tertiary/aromatic N) is 2. The maximum atomic E-state index is 9.29. The highest BCUT2D eigenvalue weighted by atomic mass is 16.5. The van der Waals surface area contributed by atoms with E-state index in [1.165, 1.54) is 5.56 Å². The van der Waals surface area contributed by atoms with E-state index in [9.17, 15) is 5.26 Å². The van der Waals surface area contributed by atoms with Crippen molar-refractivity contribution >= 4 is 0 Å². The summed E-state index contributed by atoms with van der Waals surface area (Å²) in [6.07, 6.45) is 0. The summed E-state index contributed by atoms with van der Waals surface area (Å²) in [5.74, 6) is 0. The molecule has 3 nitrogen and oxygen atoms in total. The highest BCUT2D eigenvalue weighted by molar-refractivity contribution is 5.28. The van der Waals surface area contributed by atoms with Crippen molar-refractivity contribution in [3.8, 4) is 6.07 Å². The van der Waals surface area contributed by atoms with Gasteiger partial charge >= 0.3 is 0 Å². The quantitative estimate of drug-likeness (QED) is 0.757. The lowest BCUT2D eigenvalue weighted by Crippen LogP contribution is -2.38. The van der Waals surface area contributed by atoms with Crippen LogP contribution in [0.15, 0.2) is 24.3 Å². The fraction of sp³-hybridized carbons (Fsp3) is 0.462. The van der Waals surface area contributed by atoms with Crippen LogP contribution in [0.1, 0.15) is 17.2 Å². The first kappa shape index (κ1) is 11.1. The summed E-state index contributed by atoms with van der Waals surface area (Å²) in [6, 6.07) is 10.4. The molecule has 0 bridgehead atoms. The highest BCUT2D eigenvalue weighted by Crippen LogP contribution is 2.21. The molecule has 0 spiro atoms. The molecule has 2 rings (SSSR count). The van der Waals surface area contributed by atoms with Crippen LogP contribution in [-0.2, 0) is 4.74 Å². The molecule has 0 N–H and O–H groups in total. The van der Waals surface area contributed by atoms with Gasteiger partial charge in [0.1, 0.15) is 6.04 Å². The number of benzene rings is 1. The molecule has 0 radical (unpaired) electrons. The van der Waals surface area contributed by atoms with E-state index in [1.54, 1.807) is 0 Å². The Kier molecular flexibility index (Phi) is 3.55. The average molecular weight is 216 g/mol. The Bertz CT molecular complexity index is 391. The Balaban J connectivity index is 2.18. The zero-order valence-corrected chi connectivity index (χ0v) is 9.52. The van der Waals surface area contributed by atoms with Gasteiger partial charge in [0.25, 0.3) is 0 Å². The maximum Gasteiger partial charge on any atom is 0.124 e. The number of ether oxygens (including phenoxy) is 1. The minimum Gasteiger partial charge on any atom is -0.379 e. The molecule has 3 heteroatoms. The first-order valence-corrected chi connectivity index (χ1v) is 5.59. The Morgan fingerprint density at radius 3 is 2.75 bits per heavy atom. The van der Waals surface area contributed by atoms with E-state index in [0.29, 0.717) is 0 Å². The van der Waals surface area contributed by atoms with E-state index in [4.69, 9.17) is 4.74 Å². The number of aryl methyl sites for hydroxylation is 1. The predicted molar refractivity (Wildman–Crippen MR) is 61.9 cm³/mol. The highest BCUT2D eigenvalue weighted by Gasteiger charge is 2.21. The number of morpholine rings is 1. The van der Waals surface area contributed by atoms with Gasteiger partial charge in [0.15, 0.2) is 0 Å². The summed E-state index contributed by atoms with van der Waals surface area (Å²) in [5.41, 5.74) is 2.29. The van der Waals surface area contributed by atoms with Gasteiger partial charge < -0.3 is 4.74 Å². The monoisotopic (exact) mass is 216 g/mol. The molecule has 1 fully saturated rings. The van der Waals surface area contributed by atoms with E-state index >= 15 is 0 Å². The standard InChI is InChI=1S/C13H16N2O/c1-11-3-2-4-12(9-11)13(10-14)15-5-7-16-8-6-15/h2-4,9,13H,5-8H2,1H3/t13-/m1/s1. The van der Waals surface area contributed by atoms with E-state index < -0.39 is 0 Å². The van der Waals surface area contributed by atoms with Crippen LogP contribution >= 0.6 is 0 Å². The lowest BCUT2D eigenvalue weighted by atomic mass is 10.0. The van der Waals surface area contributed by atoms with E-state index in [1.807, 2.05) is 12.1 Å². The summed E-state index contributed by atoms with van der Waals surface area (Å²) in [7, 11) is 0. The Morgan fingerprint density at radius 1 is 1.38 bits per heavy atom. The van der Waals surface area contributed by atoms with Crippen molar-refractivity contribution in [2.24, 2.45) is 0 Å². The third kappa shape index (κ3) is 2.41. The zero-order valence-electron chi connectivity index (χ0n) is 9.52. The zero-order chi connectivity index (χ0) is 11.4. The van der Waals surface area contributed by atoms with Gasteiger partial charge in [-0.2, -0.15) is 5.26 Å². The number of rotatable bonds is 2. The summed E-state index contributed by atoms with van der Waals surface area (Å²) in [4.78, 5) is 2.18. The molecular weight excluding hydrogens is 200 g/mol. The molecular formula is C13H16N2O. The van der Waals surface area contributed by atoms with Crippen molar-refractivity contribution in [1.29, 1.82) is 5.26 Å². The van der Waals surface area contributed by atoms with Crippen LogP contribution in [0.25, 0.3) is 0 Å². The first-order valence-electron chi connectivity index (χ1n) is 5.59. The summed E-state index contributed by atoms with van der Waals surface area (Å²) in [5, 5.41) is 9.29. The molecule has 1 atom stereocenters. The molecule has 1 heterocycles. The number of nitriles is 1. The third-order valence-electron chi connectivity index (χ3n) is 2.89. The lowest BCUT2D eigenvalue weighted by molar-refractivity contribution is 0.0266. The average Bonchev–Trinajstić information content (AvgIpc) is 2.31. The first-order chi connectivity index (χ1) is 7.81. The minimum absolute atomic E-state index is 0.135. The van der Waals surface area contributed by atoms with Gasteiger partial charge in [0.2, 0.25) is 0 Å².